The first-order valence-electron chi connectivity index (χ1n) is 10.8. The molecule has 3 fully saturated rings. The summed E-state index contributed by atoms with van der Waals surface area (Å²) in [5.74, 6) is 3.73. The number of nitrogens with one attached hydrogen (secondary N) is 2. The Bertz CT molecular complexity index is 724. The maximum atomic E-state index is 6.06. The van der Waals surface area contributed by atoms with E-state index in [1.54, 1.807) is 0 Å². The van der Waals surface area contributed by atoms with Crippen LogP contribution < -0.4 is 10.6 Å². The average Bonchev–Trinajstić information content (AvgIpc) is 3.22. The van der Waals surface area contributed by atoms with E-state index in [9.17, 15) is 0 Å². The van der Waals surface area contributed by atoms with Gasteiger partial charge in [0.2, 0.25) is 0 Å². The monoisotopic (exact) mass is 372 g/mol. The topological polar surface area (TPSA) is 76.4 Å². The second-order valence-corrected chi connectivity index (χ2v) is 8.64. The molecule has 1 spiro atoms. The molecule has 1 aromatic rings. The molecule has 4 atom stereocenters. The van der Waals surface area contributed by atoms with Gasteiger partial charge in [-0.3, -0.25) is 4.99 Å². The lowest BCUT2D eigenvalue weighted by Crippen LogP contribution is -2.72. The quantitative estimate of drug-likeness (QED) is 0.621. The van der Waals surface area contributed by atoms with E-state index in [1.165, 1.54) is 25.7 Å². The van der Waals surface area contributed by atoms with Crippen LogP contribution in [-0.2, 0) is 24.1 Å². The van der Waals surface area contributed by atoms with Crippen molar-refractivity contribution in [2.45, 2.75) is 83.5 Å². The van der Waals surface area contributed by atoms with Crippen molar-refractivity contribution in [1.29, 1.82) is 0 Å². The van der Waals surface area contributed by atoms with Gasteiger partial charge < -0.3 is 15.4 Å². The number of rotatable bonds is 4. The van der Waals surface area contributed by atoms with Gasteiger partial charge in [-0.1, -0.05) is 13.3 Å². The normalized spacial score (nSPS) is 33.8. The highest BCUT2D eigenvalue weighted by molar-refractivity contribution is 5.80. The third kappa shape index (κ3) is 2.77. The molecule has 27 heavy (non-hydrogen) atoms. The molecule has 2 N–H and O–H groups in total. The molecule has 0 amide bonds. The molecule has 0 radical (unpaired) electrons. The maximum absolute atomic E-state index is 6.06. The fourth-order valence-corrected chi connectivity index (χ4v) is 5.72. The Hall–Kier alpha value is -1.63. The molecule has 4 unspecified atom stereocenters. The summed E-state index contributed by atoms with van der Waals surface area (Å²) >= 11 is 0. The highest BCUT2D eigenvalue weighted by Gasteiger charge is 2.66. The Kier molecular flexibility index (Phi) is 4.37. The fraction of sp³-hybridized carbons (Fsp3) is 0.850. The van der Waals surface area contributed by atoms with Crippen molar-refractivity contribution in [3.05, 3.63) is 11.6 Å². The van der Waals surface area contributed by atoms with Crippen LogP contribution >= 0.6 is 0 Å². The molecule has 4 aliphatic rings. The molecule has 1 aromatic heterocycles. The summed E-state index contributed by atoms with van der Waals surface area (Å²) < 4.78 is 8.15. The lowest BCUT2D eigenvalue weighted by atomic mass is 9.46. The van der Waals surface area contributed by atoms with Crippen molar-refractivity contribution in [3.8, 4) is 0 Å². The average molecular weight is 373 g/mol. The van der Waals surface area contributed by atoms with Crippen molar-refractivity contribution in [2.75, 3.05) is 13.2 Å². The third-order valence-corrected chi connectivity index (χ3v) is 7.20. The van der Waals surface area contributed by atoms with Gasteiger partial charge in [-0.2, -0.15) is 5.10 Å². The molecule has 0 bridgehead atoms. The van der Waals surface area contributed by atoms with Crippen LogP contribution in [0.2, 0.25) is 0 Å². The Morgan fingerprint density at radius 3 is 2.93 bits per heavy atom. The summed E-state index contributed by atoms with van der Waals surface area (Å²) in [6.45, 7) is 6.82. The predicted octanol–water partition coefficient (Wildman–Crippen LogP) is 1.67. The summed E-state index contributed by atoms with van der Waals surface area (Å²) in [4.78, 5) is 9.39. The van der Waals surface area contributed by atoms with Crippen molar-refractivity contribution in [2.24, 2.45) is 16.3 Å². The smallest absolute Gasteiger partial charge is 0.191 e. The number of hydrogen-bond acceptors (Lipinski definition) is 4. The van der Waals surface area contributed by atoms with E-state index in [0.29, 0.717) is 29.5 Å². The Labute approximate surface area is 161 Å². The summed E-state index contributed by atoms with van der Waals surface area (Å²) in [6.07, 6.45) is 8.59. The van der Waals surface area contributed by atoms with Gasteiger partial charge in [0.25, 0.3) is 0 Å². The van der Waals surface area contributed by atoms with E-state index in [2.05, 4.69) is 39.2 Å². The van der Waals surface area contributed by atoms with Crippen molar-refractivity contribution in [3.63, 3.8) is 0 Å². The number of hydrogen-bond donors (Lipinski definition) is 2. The van der Waals surface area contributed by atoms with Crippen LogP contribution in [0.5, 0.6) is 0 Å². The van der Waals surface area contributed by atoms with Gasteiger partial charge >= 0.3 is 0 Å². The molecule has 7 heteroatoms. The third-order valence-electron chi connectivity index (χ3n) is 7.20. The van der Waals surface area contributed by atoms with Gasteiger partial charge in [0.1, 0.15) is 5.82 Å². The van der Waals surface area contributed by atoms with Crippen LogP contribution in [0.4, 0.5) is 0 Å². The van der Waals surface area contributed by atoms with Crippen molar-refractivity contribution < 1.29 is 4.74 Å². The molecule has 2 aliphatic carbocycles. The maximum Gasteiger partial charge on any atom is 0.191 e. The van der Waals surface area contributed by atoms with Gasteiger partial charge in [-0.05, 0) is 32.6 Å². The zero-order chi connectivity index (χ0) is 18.4. The molecule has 5 rings (SSSR count). The van der Waals surface area contributed by atoms with Crippen LogP contribution in [0.15, 0.2) is 4.99 Å². The number of nitrogens with zero attached hydrogens (tertiary/aromatic N) is 4. The van der Waals surface area contributed by atoms with Crippen molar-refractivity contribution in [1.82, 2.24) is 25.4 Å². The number of aryl methyl sites for hydroxylation is 2. The molecular weight excluding hydrogens is 340 g/mol. The van der Waals surface area contributed by atoms with E-state index in [0.717, 1.165) is 56.6 Å². The lowest BCUT2D eigenvalue weighted by Gasteiger charge is -2.63. The highest BCUT2D eigenvalue weighted by Crippen LogP contribution is 2.62. The number of guanidine groups is 1. The Balaban J connectivity index is 1.26. The molecule has 7 nitrogen and oxygen atoms in total. The first-order chi connectivity index (χ1) is 13.2. The molecular formula is C20H32N6O. The zero-order valence-corrected chi connectivity index (χ0v) is 16.6. The molecule has 2 saturated carbocycles. The first kappa shape index (κ1) is 17.5. The van der Waals surface area contributed by atoms with Crippen LogP contribution in [0.3, 0.4) is 0 Å². The van der Waals surface area contributed by atoms with Gasteiger partial charge in [0, 0.05) is 49.4 Å². The summed E-state index contributed by atoms with van der Waals surface area (Å²) in [6, 6.07) is 0.878. The predicted molar refractivity (Wildman–Crippen MR) is 104 cm³/mol. The second-order valence-electron chi connectivity index (χ2n) is 8.64. The summed E-state index contributed by atoms with van der Waals surface area (Å²) in [5.41, 5.74) is 0.374. The van der Waals surface area contributed by atoms with E-state index < -0.39 is 0 Å². The van der Waals surface area contributed by atoms with Gasteiger partial charge in [0.15, 0.2) is 11.8 Å². The second kappa shape index (κ2) is 6.76. The minimum Gasteiger partial charge on any atom is -0.377 e. The van der Waals surface area contributed by atoms with Crippen LogP contribution in [-0.4, -0.2) is 52.1 Å². The largest absolute Gasteiger partial charge is 0.377 e. The van der Waals surface area contributed by atoms with Gasteiger partial charge in [-0.15, -0.1) is 0 Å². The van der Waals surface area contributed by atoms with Crippen molar-refractivity contribution >= 4 is 5.96 Å². The highest BCUT2D eigenvalue weighted by atomic mass is 16.5. The van der Waals surface area contributed by atoms with E-state index >= 15 is 0 Å². The molecule has 3 heterocycles. The molecule has 0 aromatic carbocycles. The number of aliphatic imine (C=N–C) groups is 1. The Morgan fingerprint density at radius 2 is 2.19 bits per heavy atom. The number of fused-ring (bicyclic) bond motifs is 3. The molecule has 1 saturated heterocycles. The Morgan fingerprint density at radius 1 is 1.30 bits per heavy atom. The van der Waals surface area contributed by atoms with Gasteiger partial charge in [-0.25, -0.2) is 9.67 Å². The van der Waals surface area contributed by atoms with Crippen LogP contribution in [0.25, 0.3) is 0 Å². The molecule has 148 valence electrons. The van der Waals surface area contributed by atoms with E-state index in [4.69, 9.17) is 9.73 Å². The minimum absolute atomic E-state index is 0.356. The van der Waals surface area contributed by atoms with Crippen LogP contribution in [0, 0.1) is 11.3 Å². The van der Waals surface area contributed by atoms with Gasteiger partial charge in [0.05, 0.1) is 12.6 Å². The summed E-state index contributed by atoms with van der Waals surface area (Å²) in [5, 5.41) is 12.2. The van der Waals surface area contributed by atoms with E-state index in [1.807, 2.05) is 0 Å². The lowest BCUT2D eigenvalue weighted by molar-refractivity contribution is -0.171. The first-order valence-corrected chi connectivity index (χ1v) is 10.8. The summed E-state index contributed by atoms with van der Waals surface area (Å²) in [7, 11) is 0. The van der Waals surface area contributed by atoms with E-state index in [-0.39, 0.29) is 0 Å². The minimum atomic E-state index is 0.356. The number of aromatic nitrogens is 3. The standard InChI is InChI=1S/C20H32N6O/c1-3-15-23-16-7-6-13(12-26(16)25-15)22-19(21-4-2)24-17-14-8-11-27-18(14)20(17)9-5-10-20/h13-14,17-18H,3-12H2,1-2H3,(H2,21,22,24). The fourth-order valence-electron chi connectivity index (χ4n) is 5.72. The molecule has 2 aliphatic heterocycles. The van der Waals surface area contributed by atoms with Crippen LogP contribution in [0.1, 0.15) is 57.6 Å². The number of ether oxygens (including phenoxy) is 1. The SMILES string of the molecule is CCN=C(NC1CCc2nc(CC)nn2C1)NC1C2CCOC2C12CCC2. The zero-order valence-electron chi connectivity index (χ0n) is 16.6.